The average molecular weight is 388 g/mol. The van der Waals surface area contributed by atoms with Crippen molar-refractivity contribution < 1.29 is 9.18 Å². The predicted molar refractivity (Wildman–Crippen MR) is 105 cm³/mol. The number of amides is 1. The normalized spacial score (nSPS) is 18.6. The van der Waals surface area contributed by atoms with Gasteiger partial charge >= 0.3 is 0 Å². The summed E-state index contributed by atoms with van der Waals surface area (Å²) in [5.41, 5.74) is 3.02. The van der Waals surface area contributed by atoms with Crippen LogP contribution < -0.4 is 5.32 Å². The summed E-state index contributed by atoms with van der Waals surface area (Å²) in [5.74, 6) is -0.297. The number of nitrogens with one attached hydrogen (secondary N) is 1. The number of imidazole rings is 1. The lowest BCUT2D eigenvalue weighted by Gasteiger charge is -2.21. The van der Waals surface area contributed by atoms with Crippen molar-refractivity contribution in [2.45, 2.75) is 74.9 Å². The standard InChI is InChI=1S/C21H26FN3OS/c1-13-14(2)25(18-5-3-4-6-18)21(23-13)27-19(20(26)24-17-11-12-17)15-7-9-16(22)10-8-15/h7-10,17-19H,3-6,11-12H2,1-2H3,(H,24,26). The second-order valence-corrected chi connectivity index (χ2v) is 8.78. The van der Waals surface area contributed by atoms with Crippen LogP contribution in [0.25, 0.3) is 0 Å². The number of aromatic nitrogens is 2. The van der Waals surface area contributed by atoms with Gasteiger partial charge in [-0.1, -0.05) is 36.7 Å². The first-order valence-corrected chi connectivity index (χ1v) is 10.7. The number of rotatable bonds is 6. The van der Waals surface area contributed by atoms with Crippen LogP contribution in [0.3, 0.4) is 0 Å². The van der Waals surface area contributed by atoms with E-state index in [2.05, 4.69) is 16.8 Å². The van der Waals surface area contributed by atoms with Crippen LogP contribution in [0, 0.1) is 19.7 Å². The van der Waals surface area contributed by atoms with E-state index in [1.165, 1.54) is 55.3 Å². The number of hydrogen-bond donors (Lipinski definition) is 1. The Morgan fingerprint density at radius 1 is 1.19 bits per heavy atom. The predicted octanol–water partition coefficient (Wildman–Crippen LogP) is 4.87. The molecule has 2 aliphatic carbocycles. The summed E-state index contributed by atoms with van der Waals surface area (Å²) in [5, 5.41) is 3.58. The maximum atomic E-state index is 13.4. The molecule has 2 fully saturated rings. The summed E-state index contributed by atoms with van der Waals surface area (Å²) < 4.78 is 15.7. The van der Waals surface area contributed by atoms with Crippen LogP contribution in [0.2, 0.25) is 0 Å². The van der Waals surface area contributed by atoms with Crippen molar-refractivity contribution in [2.75, 3.05) is 0 Å². The fourth-order valence-electron chi connectivity index (χ4n) is 3.79. The Morgan fingerprint density at radius 2 is 1.85 bits per heavy atom. The number of carbonyl (C=O) groups is 1. The fourth-order valence-corrected chi connectivity index (χ4v) is 5.06. The summed E-state index contributed by atoms with van der Waals surface area (Å²) in [7, 11) is 0. The SMILES string of the molecule is Cc1nc(SC(C(=O)NC2CC2)c2ccc(F)cc2)n(C2CCCC2)c1C. The number of thioether (sulfide) groups is 1. The van der Waals surface area contributed by atoms with Gasteiger partial charge in [0, 0.05) is 17.8 Å². The Labute approximate surface area is 163 Å². The quantitative estimate of drug-likeness (QED) is 0.720. The molecule has 2 saturated carbocycles. The minimum absolute atomic E-state index is 0.00890. The van der Waals surface area contributed by atoms with E-state index in [1.54, 1.807) is 12.1 Å². The maximum absolute atomic E-state index is 13.4. The lowest BCUT2D eigenvalue weighted by Crippen LogP contribution is -2.30. The summed E-state index contributed by atoms with van der Waals surface area (Å²) in [6.45, 7) is 4.14. The van der Waals surface area contributed by atoms with Gasteiger partial charge in [-0.3, -0.25) is 4.79 Å². The van der Waals surface area contributed by atoms with E-state index in [0.29, 0.717) is 12.1 Å². The van der Waals surface area contributed by atoms with Gasteiger partial charge in [0.05, 0.1) is 5.69 Å². The van der Waals surface area contributed by atoms with E-state index in [1.807, 2.05) is 6.92 Å². The van der Waals surface area contributed by atoms with Crippen LogP contribution in [0.5, 0.6) is 0 Å². The molecule has 1 N–H and O–H groups in total. The zero-order valence-electron chi connectivity index (χ0n) is 15.9. The first kappa shape index (κ1) is 18.5. The smallest absolute Gasteiger partial charge is 0.238 e. The molecule has 4 rings (SSSR count). The molecule has 1 heterocycles. The monoisotopic (exact) mass is 387 g/mol. The summed E-state index contributed by atoms with van der Waals surface area (Å²) in [4.78, 5) is 17.7. The van der Waals surface area contributed by atoms with E-state index in [4.69, 9.17) is 4.98 Å². The first-order chi connectivity index (χ1) is 13.0. The van der Waals surface area contributed by atoms with Crippen LogP contribution >= 0.6 is 11.8 Å². The van der Waals surface area contributed by atoms with E-state index in [-0.39, 0.29) is 11.7 Å². The molecule has 0 saturated heterocycles. The molecule has 1 amide bonds. The maximum Gasteiger partial charge on any atom is 0.238 e. The molecule has 144 valence electrons. The van der Waals surface area contributed by atoms with Crippen molar-refractivity contribution in [1.29, 1.82) is 0 Å². The zero-order chi connectivity index (χ0) is 19.0. The van der Waals surface area contributed by atoms with Crippen molar-refractivity contribution in [2.24, 2.45) is 0 Å². The van der Waals surface area contributed by atoms with Crippen LogP contribution in [-0.4, -0.2) is 21.5 Å². The molecule has 1 aromatic heterocycles. The molecule has 27 heavy (non-hydrogen) atoms. The lowest BCUT2D eigenvalue weighted by atomic mass is 10.1. The molecule has 0 spiro atoms. The molecule has 0 bridgehead atoms. The van der Waals surface area contributed by atoms with Crippen molar-refractivity contribution in [3.63, 3.8) is 0 Å². The molecular weight excluding hydrogens is 361 g/mol. The van der Waals surface area contributed by atoms with E-state index in [9.17, 15) is 9.18 Å². The highest BCUT2D eigenvalue weighted by Crippen LogP contribution is 2.41. The van der Waals surface area contributed by atoms with Gasteiger partial charge in [-0.25, -0.2) is 9.37 Å². The molecular formula is C21H26FN3OS. The van der Waals surface area contributed by atoms with Crippen LogP contribution in [-0.2, 0) is 4.79 Å². The molecule has 1 atom stereocenters. The number of aryl methyl sites for hydroxylation is 1. The van der Waals surface area contributed by atoms with E-state index >= 15 is 0 Å². The van der Waals surface area contributed by atoms with Crippen LogP contribution in [0.4, 0.5) is 4.39 Å². The average Bonchev–Trinajstić information content (AvgIpc) is 3.20. The third-order valence-corrected chi connectivity index (χ3v) is 6.82. The summed E-state index contributed by atoms with van der Waals surface area (Å²) in [6.07, 6.45) is 6.91. The lowest BCUT2D eigenvalue weighted by molar-refractivity contribution is -0.120. The molecule has 6 heteroatoms. The third kappa shape index (κ3) is 4.05. The van der Waals surface area contributed by atoms with Crippen LogP contribution in [0.15, 0.2) is 29.4 Å². The number of hydrogen-bond acceptors (Lipinski definition) is 3. The second kappa shape index (κ2) is 7.66. The Kier molecular flexibility index (Phi) is 5.26. The van der Waals surface area contributed by atoms with Crippen molar-refractivity contribution in [1.82, 2.24) is 14.9 Å². The number of benzene rings is 1. The topological polar surface area (TPSA) is 46.9 Å². The van der Waals surface area contributed by atoms with Gasteiger partial charge in [-0.15, -0.1) is 0 Å². The highest BCUT2D eigenvalue weighted by atomic mass is 32.2. The first-order valence-electron chi connectivity index (χ1n) is 9.81. The van der Waals surface area contributed by atoms with Crippen LogP contribution in [0.1, 0.15) is 66.8 Å². The van der Waals surface area contributed by atoms with Crippen molar-refractivity contribution >= 4 is 17.7 Å². The van der Waals surface area contributed by atoms with Gasteiger partial charge in [-0.05, 0) is 57.2 Å². The minimum Gasteiger partial charge on any atom is -0.352 e. The molecule has 1 unspecified atom stereocenters. The van der Waals surface area contributed by atoms with Gasteiger partial charge < -0.3 is 9.88 Å². The number of nitrogens with zero attached hydrogens (tertiary/aromatic N) is 2. The van der Waals surface area contributed by atoms with Gasteiger partial charge in [0.1, 0.15) is 11.1 Å². The summed E-state index contributed by atoms with van der Waals surface area (Å²) >= 11 is 1.49. The zero-order valence-corrected chi connectivity index (χ0v) is 16.7. The van der Waals surface area contributed by atoms with E-state index < -0.39 is 5.25 Å². The van der Waals surface area contributed by atoms with E-state index in [0.717, 1.165) is 29.3 Å². The Balaban J connectivity index is 1.65. The van der Waals surface area contributed by atoms with Gasteiger partial charge in [0.2, 0.25) is 5.91 Å². The highest BCUT2D eigenvalue weighted by molar-refractivity contribution is 8.00. The summed E-state index contributed by atoms with van der Waals surface area (Å²) in [6, 6.07) is 7.03. The number of carbonyl (C=O) groups excluding carboxylic acids is 1. The molecule has 0 radical (unpaired) electrons. The Morgan fingerprint density at radius 3 is 2.48 bits per heavy atom. The fraction of sp³-hybridized carbons (Fsp3) is 0.524. The van der Waals surface area contributed by atoms with Gasteiger partial charge in [0.25, 0.3) is 0 Å². The highest BCUT2D eigenvalue weighted by Gasteiger charge is 2.32. The second-order valence-electron chi connectivity index (χ2n) is 7.71. The molecule has 1 aromatic carbocycles. The van der Waals surface area contributed by atoms with Gasteiger partial charge in [-0.2, -0.15) is 0 Å². The molecule has 2 aromatic rings. The van der Waals surface area contributed by atoms with Gasteiger partial charge in [0.15, 0.2) is 5.16 Å². The van der Waals surface area contributed by atoms with Crippen molar-refractivity contribution in [3.05, 3.63) is 47.0 Å². The minimum atomic E-state index is -0.424. The Bertz CT molecular complexity index is 823. The molecule has 4 nitrogen and oxygen atoms in total. The Hall–Kier alpha value is -1.82. The number of halogens is 1. The van der Waals surface area contributed by atoms with Crippen molar-refractivity contribution in [3.8, 4) is 0 Å². The molecule has 2 aliphatic rings. The largest absolute Gasteiger partial charge is 0.352 e. The third-order valence-electron chi connectivity index (χ3n) is 5.60. The molecule has 0 aliphatic heterocycles.